The first kappa shape index (κ1) is 18.8. The minimum absolute atomic E-state index is 0.0584. The minimum atomic E-state index is -0.814. The fourth-order valence-corrected chi connectivity index (χ4v) is 1.30. The Morgan fingerprint density at radius 3 is 1.24 bits per heavy atom. The molecule has 21 heavy (non-hydrogen) atoms. The Balaban J connectivity index is 4.76. The van der Waals surface area contributed by atoms with Crippen molar-refractivity contribution in [2.45, 2.75) is 13.3 Å². The standard InChI is InChI=1S/C12H23N3O6/c1-5-12(6-19-9(16)13-2,7-20-10(17)14-3)8-21-11(18)15-4/h5-8H2,1-4H3,(H,13,16)(H,14,17)(H,15,18). The summed E-state index contributed by atoms with van der Waals surface area (Å²) in [4.78, 5) is 33.6. The first-order valence-corrected chi connectivity index (χ1v) is 6.46. The van der Waals surface area contributed by atoms with Gasteiger partial charge in [0.2, 0.25) is 0 Å². The first-order valence-electron chi connectivity index (χ1n) is 6.46. The van der Waals surface area contributed by atoms with E-state index >= 15 is 0 Å². The Hall–Kier alpha value is -2.19. The highest BCUT2D eigenvalue weighted by molar-refractivity contribution is 5.67. The van der Waals surface area contributed by atoms with Gasteiger partial charge in [0.25, 0.3) is 0 Å². The van der Waals surface area contributed by atoms with Crippen molar-refractivity contribution < 1.29 is 28.6 Å². The molecule has 0 aliphatic heterocycles. The summed E-state index contributed by atoms with van der Waals surface area (Å²) in [7, 11) is 4.29. The second kappa shape index (κ2) is 9.67. The molecule has 0 saturated heterocycles. The summed E-state index contributed by atoms with van der Waals surface area (Å²) in [5, 5.41) is 6.94. The van der Waals surface area contributed by atoms with Gasteiger partial charge >= 0.3 is 18.3 Å². The van der Waals surface area contributed by atoms with Gasteiger partial charge in [0, 0.05) is 21.1 Å². The summed E-state index contributed by atoms with van der Waals surface area (Å²) in [6.45, 7) is 1.64. The largest absolute Gasteiger partial charge is 0.449 e. The van der Waals surface area contributed by atoms with E-state index in [4.69, 9.17) is 14.2 Å². The van der Waals surface area contributed by atoms with E-state index < -0.39 is 23.7 Å². The van der Waals surface area contributed by atoms with Crippen molar-refractivity contribution >= 4 is 18.3 Å². The molecule has 3 amide bonds. The van der Waals surface area contributed by atoms with Gasteiger partial charge < -0.3 is 30.2 Å². The normalized spacial score (nSPS) is 10.3. The molecule has 0 aliphatic carbocycles. The van der Waals surface area contributed by atoms with Crippen molar-refractivity contribution in [2.75, 3.05) is 41.0 Å². The van der Waals surface area contributed by atoms with Crippen molar-refractivity contribution in [3.05, 3.63) is 0 Å². The average molecular weight is 305 g/mol. The molecule has 0 aromatic heterocycles. The summed E-state index contributed by atoms with van der Waals surface area (Å²) >= 11 is 0. The van der Waals surface area contributed by atoms with Crippen LogP contribution in [-0.4, -0.2) is 59.2 Å². The molecule has 9 nitrogen and oxygen atoms in total. The lowest BCUT2D eigenvalue weighted by molar-refractivity contribution is -0.0166. The third-order valence-corrected chi connectivity index (χ3v) is 2.89. The van der Waals surface area contributed by atoms with Crippen LogP contribution in [0.25, 0.3) is 0 Å². The van der Waals surface area contributed by atoms with Crippen molar-refractivity contribution in [1.82, 2.24) is 16.0 Å². The maximum Gasteiger partial charge on any atom is 0.406 e. The van der Waals surface area contributed by atoms with E-state index in [9.17, 15) is 14.4 Å². The van der Waals surface area contributed by atoms with Gasteiger partial charge in [0.15, 0.2) is 0 Å². The maximum atomic E-state index is 11.2. The van der Waals surface area contributed by atoms with Crippen LogP contribution in [-0.2, 0) is 14.2 Å². The van der Waals surface area contributed by atoms with Gasteiger partial charge in [-0.1, -0.05) is 6.92 Å². The van der Waals surface area contributed by atoms with E-state index in [2.05, 4.69) is 16.0 Å². The molecule has 0 aromatic carbocycles. The minimum Gasteiger partial charge on any atom is -0.449 e. The predicted molar refractivity (Wildman–Crippen MR) is 73.9 cm³/mol. The van der Waals surface area contributed by atoms with Crippen LogP contribution < -0.4 is 16.0 Å². The third-order valence-electron chi connectivity index (χ3n) is 2.89. The molecule has 122 valence electrons. The van der Waals surface area contributed by atoms with Crippen LogP contribution in [0.4, 0.5) is 14.4 Å². The zero-order chi connectivity index (χ0) is 16.3. The zero-order valence-corrected chi connectivity index (χ0v) is 12.8. The molecule has 0 heterocycles. The topological polar surface area (TPSA) is 115 Å². The van der Waals surface area contributed by atoms with Crippen LogP contribution in [0, 0.1) is 5.41 Å². The molecule has 0 saturated carbocycles. The summed E-state index contributed by atoms with van der Waals surface area (Å²) in [6, 6.07) is 0. The highest BCUT2D eigenvalue weighted by Crippen LogP contribution is 2.24. The number of carbonyl (C=O) groups excluding carboxylic acids is 3. The molecule has 0 aliphatic rings. The molecule has 0 atom stereocenters. The first-order chi connectivity index (χ1) is 9.92. The molecule has 9 heteroatoms. The molecule has 0 spiro atoms. The number of hydrogen-bond acceptors (Lipinski definition) is 6. The average Bonchev–Trinajstić information content (AvgIpc) is 2.53. The van der Waals surface area contributed by atoms with Crippen LogP contribution in [0.15, 0.2) is 0 Å². The molecule has 3 N–H and O–H groups in total. The van der Waals surface area contributed by atoms with E-state index in [1.54, 1.807) is 0 Å². The maximum absolute atomic E-state index is 11.2. The highest BCUT2D eigenvalue weighted by atomic mass is 16.6. The lowest BCUT2D eigenvalue weighted by atomic mass is 9.88. The molecule has 0 radical (unpaired) electrons. The number of ether oxygens (including phenoxy) is 3. The van der Waals surface area contributed by atoms with Gasteiger partial charge in [0.05, 0.1) is 5.41 Å². The number of rotatable bonds is 7. The number of alkyl carbamates (subject to hydrolysis) is 3. The van der Waals surface area contributed by atoms with Crippen LogP contribution in [0.2, 0.25) is 0 Å². The second-order valence-corrected chi connectivity index (χ2v) is 4.33. The van der Waals surface area contributed by atoms with Crippen molar-refractivity contribution in [3.63, 3.8) is 0 Å². The van der Waals surface area contributed by atoms with Gasteiger partial charge in [0.1, 0.15) is 19.8 Å². The number of carbonyl (C=O) groups is 3. The molecular formula is C12H23N3O6. The quantitative estimate of drug-likeness (QED) is 0.588. The Morgan fingerprint density at radius 2 is 1.05 bits per heavy atom. The Bertz CT molecular complexity index is 311. The van der Waals surface area contributed by atoms with Crippen LogP contribution in [0.3, 0.4) is 0 Å². The number of amides is 3. The van der Waals surface area contributed by atoms with E-state index in [0.717, 1.165) is 0 Å². The molecular weight excluding hydrogens is 282 g/mol. The van der Waals surface area contributed by atoms with E-state index in [1.165, 1.54) is 21.1 Å². The van der Waals surface area contributed by atoms with Crippen molar-refractivity contribution in [3.8, 4) is 0 Å². The van der Waals surface area contributed by atoms with Gasteiger partial charge in [-0.2, -0.15) is 0 Å². The Morgan fingerprint density at radius 1 is 0.762 bits per heavy atom. The predicted octanol–water partition coefficient (Wildman–Crippen LogP) is 0.451. The van der Waals surface area contributed by atoms with E-state index in [0.29, 0.717) is 6.42 Å². The van der Waals surface area contributed by atoms with E-state index in [1.807, 2.05) is 6.92 Å². The number of hydrogen-bond donors (Lipinski definition) is 3. The lowest BCUT2D eigenvalue weighted by Crippen LogP contribution is -2.41. The molecule has 0 fully saturated rings. The van der Waals surface area contributed by atoms with Crippen LogP contribution >= 0.6 is 0 Å². The van der Waals surface area contributed by atoms with Crippen molar-refractivity contribution in [2.24, 2.45) is 5.41 Å². The SMILES string of the molecule is CCC(COC(=O)NC)(COC(=O)NC)COC(=O)NC. The zero-order valence-electron chi connectivity index (χ0n) is 12.8. The van der Waals surface area contributed by atoms with Gasteiger partial charge in [-0.3, -0.25) is 0 Å². The number of nitrogens with one attached hydrogen (secondary N) is 3. The lowest BCUT2D eigenvalue weighted by Gasteiger charge is -2.30. The summed E-state index contributed by atoms with van der Waals surface area (Å²) in [5.74, 6) is 0. The van der Waals surface area contributed by atoms with Gasteiger partial charge in [-0.25, -0.2) is 14.4 Å². The third kappa shape index (κ3) is 7.23. The Kier molecular flexibility index (Phi) is 8.66. The fourth-order valence-electron chi connectivity index (χ4n) is 1.30. The van der Waals surface area contributed by atoms with E-state index in [-0.39, 0.29) is 19.8 Å². The van der Waals surface area contributed by atoms with Crippen molar-refractivity contribution in [1.29, 1.82) is 0 Å². The monoisotopic (exact) mass is 305 g/mol. The summed E-state index contributed by atoms with van der Waals surface area (Å²) < 4.78 is 15.0. The highest BCUT2D eigenvalue weighted by Gasteiger charge is 2.34. The second-order valence-electron chi connectivity index (χ2n) is 4.33. The molecule has 0 aromatic rings. The summed E-state index contributed by atoms with van der Waals surface area (Å²) in [6.07, 6.45) is -1.38. The Labute approximate surface area is 123 Å². The van der Waals surface area contributed by atoms with Gasteiger partial charge in [-0.05, 0) is 6.42 Å². The summed E-state index contributed by atoms with van der Waals surface area (Å²) in [5.41, 5.74) is -0.814. The van der Waals surface area contributed by atoms with Crippen LogP contribution in [0.1, 0.15) is 13.3 Å². The fraction of sp³-hybridized carbons (Fsp3) is 0.750. The smallest absolute Gasteiger partial charge is 0.406 e. The molecule has 0 unspecified atom stereocenters. The molecule has 0 rings (SSSR count). The molecule has 0 bridgehead atoms. The van der Waals surface area contributed by atoms with Crippen LogP contribution in [0.5, 0.6) is 0 Å². The van der Waals surface area contributed by atoms with Gasteiger partial charge in [-0.15, -0.1) is 0 Å².